The molecule has 0 spiro atoms. The molecule has 0 unspecified atom stereocenters. The Labute approximate surface area is 120 Å². The van der Waals surface area contributed by atoms with Gasteiger partial charge in [-0.15, -0.1) is 0 Å². The molecule has 0 aromatic heterocycles. The largest absolute Gasteiger partial charge is 0.480 e. The minimum Gasteiger partial charge on any atom is -0.480 e. The SMILES string of the molecule is O=C(O)[C@@H]1CCCN1S(=O)(=O)c1cccc(Cl)c1Cl. The van der Waals surface area contributed by atoms with Crippen molar-refractivity contribution in [1.82, 2.24) is 4.31 Å². The highest BCUT2D eigenvalue weighted by atomic mass is 35.5. The molecule has 1 heterocycles. The van der Waals surface area contributed by atoms with E-state index in [4.69, 9.17) is 28.3 Å². The van der Waals surface area contributed by atoms with Crippen molar-refractivity contribution in [3.05, 3.63) is 28.2 Å². The van der Waals surface area contributed by atoms with Crippen molar-refractivity contribution in [3.63, 3.8) is 0 Å². The molecule has 1 saturated heterocycles. The van der Waals surface area contributed by atoms with Crippen molar-refractivity contribution in [2.24, 2.45) is 0 Å². The number of sulfonamides is 1. The van der Waals surface area contributed by atoms with E-state index >= 15 is 0 Å². The summed E-state index contributed by atoms with van der Waals surface area (Å²) in [6.07, 6.45) is 0.807. The fourth-order valence-corrected chi connectivity index (χ4v) is 4.47. The molecule has 1 aliphatic rings. The molecule has 1 aromatic carbocycles. The molecular weight excluding hydrogens is 313 g/mol. The minimum absolute atomic E-state index is 0.0831. The van der Waals surface area contributed by atoms with Crippen LogP contribution in [0.3, 0.4) is 0 Å². The van der Waals surface area contributed by atoms with Gasteiger partial charge in [-0.3, -0.25) is 4.79 Å². The Kier molecular flexibility index (Phi) is 4.06. The van der Waals surface area contributed by atoms with Gasteiger partial charge in [-0.1, -0.05) is 29.3 Å². The van der Waals surface area contributed by atoms with Gasteiger partial charge in [0.15, 0.2) is 0 Å². The van der Waals surface area contributed by atoms with Crippen LogP contribution in [0, 0.1) is 0 Å². The monoisotopic (exact) mass is 323 g/mol. The zero-order valence-corrected chi connectivity index (χ0v) is 12.0. The first kappa shape index (κ1) is 14.6. The third kappa shape index (κ3) is 2.58. The van der Waals surface area contributed by atoms with Crippen molar-refractivity contribution >= 4 is 39.2 Å². The van der Waals surface area contributed by atoms with Gasteiger partial charge in [0, 0.05) is 6.54 Å². The van der Waals surface area contributed by atoms with Crippen molar-refractivity contribution in [2.75, 3.05) is 6.54 Å². The molecule has 1 aromatic rings. The molecule has 1 N–H and O–H groups in total. The molecule has 1 atom stereocenters. The summed E-state index contributed by atoms with van der Waals surface area (Å²) in [7, 11) is -3.95. The van der Waals surface area contributed by atoms with E-state index in [0.717, 1.165) is 4.31 Å². The highest BCUT2D eigenvalue weighted by Gasteiger charge is 2.40. The number of aliphatic carboxylic acids is 1. The van der Waals surface area contributed by atoms with Crippen LogP contribution in [-0.2, 0) is 14.8 Å². The smallest absolute Gasteiger partial charge is 0.322 e. The molecule has 1 aliphatic heterocycles. The second-order valence-electron chi connectivity index (χ2n) is 4.16. The number of rotatable bonds is 3. The predicted octanol–water partition coefficient (Wildman–Crippen LogP) is 2.23. The molecular formula is C11H11Cl2NO4S. The summed E-state index contributed by atoms with van der Waals surface area (Å²) < 4.78 is 25.8. The summed E-state index contributed by atoms with van der Waals surface area (Å²) in [5.74, 6) is -1.15. The van der Waals surface area contributed by atoms with Crippen LogP contribution in [0.15, 0.2) is 23.1 Å². The minimum atomic E-state index is -3.95. The average Bonchev–Trinajstić information content (AvgIpc) is 2.82. The third-order valence-corrected chi connectivity index (χ3v) is 5.87. The Morgan fingerprint density at radius 1 is 1.37 bits per heavy atom. The number of hydrogen-bond donors (Lipinski definition) is 1. The molecule has 0 saturated carbocycles. The Balaban J connectivity index is 2.48. The fraction of sp³-hybridized carbons (Fsp3) is 0.364. The van der Waals surface area contributed by atoms with Gasteiger partial charge in [-0.2, -0.15) is 4.31 Å². The van der Waals surface area contributed by atoms with Gasteiger partial charge in [-0.05, 0) is 25.0 Å². The van der Waals surface area contributed by atoms with Crippen molar-refractivity contribution in [1.29, 1.82) is 0 Å². The number of hydrogen-bond acceptors (Lipinski definition) is 3. The topological polar surface area (TPSA) is 74.7 Å². The third-order valence-electron chi connectivity index (χ3n) is 2.99. The van der Waals surface area contributed by atoms with E-state index < -0.39 is 22.0 Å². The standard InChI is InChI=1S/C11H11Cl2NO4S/c12-7-3-1-5-9(10(7)13)19(17,18)14-6-2-4-8(14)11(15)16/h1,3,5,8H,2,4,6H2,(H,15,16)/t8-/m0/s1. The van der Waals surface area contributed by atoms with Crippen LogP contribution < -0.4 is 0 Å². The Hall–Kier alpha value is -0.820. The van der Waals surface area contributed by atoms with Crippen molar-refractivity contribution in [2.45, 2.75) is 23.8 Å². The maximum absolute atomic E-state index is 12.4. The molecule has 8 heteroatoms. The first-order valence-corrected chi connectivity index (χ1v) is 7.74. The van der Waals surface area contributed by atoms with E-state index in [9.17, 15) is 13.2 Å². The lowest BCUT2D eigenvalue weighted by atomic mass is 10.2. The molecule has 1 fully saturated rings. The van der Waals surface area contributed by atoms with Crippen LogP contribution in [0.5, 0.6) is 0 Å². The second kappa shape index (κ2) is 5.28. The number of carboxylic acid groups (broad SMARTS) is 1. The van der Waals surface area contributed by atoms with Crippen LogP contribution in [0.2, 0.25) is 10.0 Å². The molecule has 0 amide bonds. The van der Waals surface area contributed by atoms with E-state index in [1.165, 1.54) is 18.2 Å². The zero-order chi connectivity index (χ0) is 14.2. The van der Waals surface area contributed by atoms with E-state index in [2.05, 4.69) is 0 Å². The van der Waals surface area contributed by atoms with Gasteiger partial charge in [-0.25, -0.2) is 8.42 Å². The van der Waals surface area contributed by atoms with Crippen LogP contribution in [0.4, 0.5) is 0 Å². The maximum atomic E-state index is 12.4. The van der Waals surface area contributed by atoms with Gasteiger partial charge < -0.3 is 5.11 Å². The number of carboxylic acids is 1. The van der Waals surface area contributed by atoms with Crippen LogP contribution in [0.25, 0.3) is 0 Å². The van der Waals surface area contributed by atoms with Crippen LogP contribution >= 0.6 is 23.2 Å². The number of benzene rings is 1. The number of halogens is 2. The molecule has 5 nitrogen and oxygen atoms in total. The number of nitrogens with zero attached hydrogens (tertiary/aromatic N) is 1. The van der Waals surface area contributed by atoms with Crippen LogP contribution in [0.1, 0.15) is 12.8 Å². The molecule has 0 radical (unpaired) electrons. The van der Waals surface area contributed by atoms with Gasteiger partial charge in [0.25, 0.3) is 0 Å². The number of carbonyl (C=O) groups is 1. The molecule has 2 rings (SSSR count). The zero-order valence-electron chi connectivity index (χ0n) is 9.71. The molecule has 19 heavy (non-hydrogen) atoms. The first-order chi connectivity index (χ1) is 8.85. The van der Waals surface area contributed by atoms with E-state index in [0.29, 0.717) is 12.8 Å². The Morgan fingerprint density at radius 2 is 2.05 bits per heavy atom. The Morgan fingerprint density at radius 3 is 2.68 bits per heavy atom. The average molecular weight is 324 g/mol. The highest BCUT2D eigenvalue weighted by Crippen LogP contribution is 2.33. The normalized spacial score (nSPS) is 20.6. The molecule has 0 bridgehead atoms. The predicted molar refractivity (Wildman–Crippen MR) is 71.0 cm³/mol. The summed E-state index contributed by atoms with van der Waals surface area (Å²) in [5.41, 5.74) is 0. The van der Waals surface area contributed by atoms with Crippen LogP contribution in [-0.4, -0.2) is 36.4 Å². The molecule has 104 valence electrons. The van der Waals surface area contributed by atoms with Crippen molar-refractivity contribution < 1.29 is 18.3 Å². The molecule has 0 aliphatic carbocycles. The summed E-state index contributed by atoms with van der Waals surface area (Å²) in [6.45, 7) is 0.169. The quantitative estimate of drug-likeness (QED) is 0.925. The van der Waals surface area contributed by atoms with Crippen molar-refractivity contribution in [3.8, 4) is 0 Å². The van der Waals surface area contributed by atoms with E-state index in [-0.39, 0.29) is 21.5 Å². The maximum Gasteiger partial charge on any atom is 0.322 e. The lowest BCUT2D eigenvalue weighted by molar-refractivity contribution is -0.140. The lowest BCUT2D eigenvalue weighted by Crippen LogP contribution is -2.40. The van der Waals surface area contributed by atoms with Gasteiger partial charge in [0.2, 0.25) is 10.0 Å². The fourth-order valence-electron chi connectivity index (χ4n) is 2.08. The van der Waals surface area contributed by atoms with Gasteiger partial charge in [0.1, 0.15) is 10.9 Å². The summed E-state index contributed by atoms with van der Waals surface area (Å²) >= 11 is 11.7. The van der Waals surface area contributed by atoms with E-state index in [1.807, 2.05) is 0 Å². The van der Waals surface area contributed by atoms with Gasteiger partial charge in [0.05, 0.1) is 10.0 Å². The first-order valence-electron chi connectivity index (χ1n) is 5.54. The lowest BCUT2D eigenvalue weighted by Gasteiger charge is -2.21. The van der Waals surface area contributed by atoms with E-state index in [1.54, 1.807) is 0 Å². The van der Waals surface area contributed by atoms with Gasteiger partial charge >= 0.3 is 5.97 Å². The summed E-state index contributed by atoms with van der Waals surface area (Å²) in [5, 5.41) is 9.09. The Bertz CT molecular complexity index is 617. The highest BCUT2D eigenvalue weighted by molar-refractivity contribution is 7.89. The summed E-state index contributed by atoms with van der Waals surface area (Å²) in [4.78, 5) is 10.9. The second-order valence-corrected chi connectivity index (χ2v) is 6.81. The summed E-state index contributed by atoms with van der Waals surface area (Å²) in [6, 6.07) is 3.22.